The monoisotopic (exact) mass is 245 g/mol. The Hall–Kier alpha value is -1.33. The van der Waals surface area contributed by atoms with Gasteiger partial charge in [-0.05, 0) is 45.4 Å². The molecule has 1 rings (SSSR count). The van der Waals surface area contributed by atoms with Gasteiger partial charge in [-0.3, -0.25) is 4.79 Å². The van der Waals surface area contributed by atoms with Crippen molar-refractivity contribution in [3.63, 3.8) is 0 Å². The number of carbonyl (C=O) groups is 1. The Morgan fingerprint density at radius 1 is 1.29 bits per heavy atom. The SMILES string of the molecule is COC(=O)C(C)(C)[C@H]1CC[C@H](O[N+](=O)[O-])CC1. The van der Waals surface area contributed by atoms with Crippen LogP contribution in [0.3, 0.4) is 0 Å². The molecule has 0 bridgehead atoms. The van der Waals surface area contributed by atoms with Gasteiger partial charge in [0.05, 0.1) is 12.5 Å². The van der Waals surface area contributed by atoms with Crippen molar-refractivity contribution >= 4 is 5.97 Å². The van der Waals surface area contributed by atoms with Crippen LogP contribution in [0.25, 0.3) is 0 Å². The lowest BCUT2D eigenvalue weighted by Gasteiger charge is -2.36. The normalized spacial score (nSPS) is 25.1. The van der Waals surface area contributed by atoms with Crippen LogP contribution in [0.4, 0.5) is 0 Å². The number of hydrogen-bond acceptors (Lipinski definition) is 5. The van der Waals surface area contributed by atoms with Crippen molar-refractivity contribution < 1.29 is 19.5 Å². The van der Waals surface area contributed by atoms with E-state index in [0.717, 1.165) is 12.8 Å². The highest BCUT2D eigenvalue weighted by Crippen LogP contribution is 2.39. The van der Waals surface area contributed by atoms with Gasteiger partial charge in [0.1, 0.15) is 6.10 Å². The van der Waals surface area contributed by atoms with Crippen molar-refractivity contribution in [1.82, 2.24) is 0 Å². The number of methoxy groups -OCH3 is 1. The van der Waals surface area contributed by atoms with Crippen LogP contribution in [0.5, 0.6) is 0 Å². The molecule has 0 aromatic carbocycles. The maximum absolute atomic E-state index is 11.6. The van der Waals surface area contributed by atoms with Gasteiger partial charge in [-0.25, -0.2) is 0 Å². The van der Waals surface area contributed by atoms with Crippen LogP contribution in [-0.2, 0) is 14.4 Å². The largest absolute Gasteiger partial charge is 0.469 e. The van der Waals surface area contributed by atoms with E-state index in [1.165, 1.54) is 7.11 Å². The summed E-state index contributed by atoms with van der Waals surface area (Å²) in [6.45, 7) is 3.72. The lowest BCUT2D eigenvalue weighted by atomic mass is 9.70. The maximum atomic E-state index is 11.6. The highest BCUT2D eigenvalue weighted by atomic mass is 17.0. The second kappa shape index (κ2) is 5.33. The molecule has 0 aromatic rings. The fraction of sp³-hybridized carbons (Fsp3) is 0.909. The third kappa shape index (κ3) is 3.31. The van der Waals surface area contributed by atoms with Crippen molar-refractivity contribution in [2.45, 2.75) is 45.6 Å². The molecule has 0 spiro atoms. The van der Waals surface area contributed by atoms with E-state index < -0.39 is 10.5 Å². The maximum Gasteiger partial charge on any atom is 0.311 e. The number of carbonyl (C=O) groups excluding carboxylic acids is 1. The van der Waals surface area contributed by atoms with Gasteiger partial charge in [0.25, 0.3) is 5.09 Å². The second-order valence-corrected chi connectivity index (χ2v) is 5.02. The Balaban J connectivity index is 2.51. The molecule has 17 heavy (non-hydrogen) atoms. The lowest BCUT2D eigenvalue weighted by molar-refractivity contribution is -0.769. The zero-order chi connectivity index (χ0) is 13.1. The van der Waals surface area contributed by atoms with Crippen molar-refractivity contribution in [3.8, 4) is 0 Å². The molecule has 0 unspecified atom stereocenters. The molecule has 0 amide bonds. The molecule has 0 aromatic heterocycles. The van der Waals surface area contributed by atoms with Crippen LogP contribution in [-0.4, -0.2) is 24.3 Å². The molecule has 1 fully saturated rings. The molecule has 1 aliphatic rings. The molecule has 6 nitrogen and oxygen atoms in total. The molecule has 0 atom stereocenters. The summed E-state index contributed by atoms with van der Waals surface area (Å²) in [6, 6.07) is 0. The van der Waals surface area contributed by atoms with Gasteiger partial charge < -0.3 is 9.57 Å². The number of rotatable bonds is 4. The van der Waals surface area contributed by atoms with Crippen molar-refractivity contribution in [2.75, 3.05) is 7.11 Å². The quantitative estimate of drug-likeness (QED) is 0.429. The molecular weight excluding hydrogens is 226 g/mol. The molecule has 0 radical (unpaired) electrons. The van der Waals surface area contributed by atoms with Crippen LogP contribution in [0, 0.1) is 21.4 Å². The van der Waals surface area contributed by atoms with Crippen LogP contribution in [0.15, 0.2) is 0 Å². The summed E-state index contributed by atoms with van der Waals surface area (Å²) >= 11 is 0. The average Bonchev–Trinajstić information content (AvgIpc) is 2.27. The predicted octanol–water partition coefficient (Wildman–Crippen LogP) is 1.95. The fourth-order valence-electron chi connectivity index (χ4n) is 2.44. The van der Waals surface area contributed by atoms with E-state index in [0.29, 0.717) is 12.8 Å². The Morgan fingerprint density at radius 2 is 1.82 bits per heavy atom. The molecule has 1 aliphatic carbocycles. The van der Waals surface area contributed by atoms with E-state index in [2.05, 4.69) is 4.84 Å². The molecule has 98 valence electrons. The molecule has 0 aliphatic heterocycles. The van der Waals surface area contributed by atoms with Gasteiger partial charge in [-0.1, -0.05) is 0 Å². The van der Waals surface area contributed by atoms with Gasteiger partial charge in [0, 0.05) is 0 Å². The van der Waals surface area contributed by atoms with E-state index in [4.69, 9.17) is 4.74 Å². The van der Waals surface area contributed by atoms with Gasteiger partial charge in [0.2, 0.25) is 0 Å². The van der Waals surface area contributed by atoms with Crippen molar-refractivity contribution in [2.24, 2.45) is 11.3 Å². The van der Waals surface area contributed by atoms with Gasteiger partial charge in [-0.15, -0.1) is 10.1 Å². The summed E-state index contributed by atoms with van der Waals surface area (Å²) in [5.74, 6) is -0.0299. The molecule has 6 heteroatoms. The summed E-state index contributed by atoms with van der Waals surface area (Å²) in [5.41, 5.74) is -0.533. The Kier molecular flexibility index (Phi) is 4.31. The Morgan fingerprint density at radius 3 is 2.24 bits per heavy atom. The first kappa shape index (κ1) is 13.7. The summed E-state index contributed by atoms with van der Waals surface area (Å²) in [4.78, 5) is 26.4. The first-order valence-corrected chi connectivity index (χ1v) is 5.77. The molecule has 0 N–H and O–H groups in total. The minimum Gasteiger partial charge on any atom is -0.469 e. The topological polar surface area (TPSA) is 78.7 Å². The minimum atomic E-state index is -0.740. The average molecular weight is 245 g/mol. The van der Waals surface area contributed by atoms with Crippen LogP contribution in [0.2, 0.25) is 0 Å². The Labute approximate surface area is 100 Å². The van der Waals surface area contributed by atoms with Crippen LogP contribution in [0.1, 0.15) is 39.5 Å². The van der Waals surface area contributed by atoms with E-state index in [-0.39, 0.29) is 18.0 Å². The highest BCUT2D eigenvalue weighted by Gasteiger charge is 2.40. The highest BCUT2D eigenvalue weighted by molar-refractivity contribution is 5.76. The summed E-state index contributed by atoms with van der Waals surface area (Å²) in [7, 11) is 1.38. The molecule has 0 heterocycles. The third-order valence-electron chi connectivity index (χ3n) is 3.64. The number of hydrogen-bond donors (Lipinski definition) is 0. The first-order valence-electron chi connectivity index (χ1n) is 5.77. The van der Waals surface area contributed by atoms with Gasteiger partial charge >= 0.3 is 5.97 Å². The summed E-state index contributed by atoms with van der Waals surface area (Å²) in [5, 5.41) is 9.47. The zero-order valence-corrected chi connectivity index (χ0v) is 10.5. The van der Waals surface area contributed by atoms with E-state index in [1.54, 1.807) is 0 Å². The van der Waals surface area contributed by atoms with Crippen molar-refractivity contribution in [1.29, 1.82) is 0 Å². The van der Waals surface area contributed by atoms with Crippen molar-refractivity contribution in [3.05, 3.63) is 10.1 Å². The van der Waals surface area contributed by atoms with E-state index in [9.17, 15) is 14.9 Å². The smallest absolute Gasteiger partial charge is 0.311 e. The summed E-state index contributed by atoms with van der Waals surface area (Å²) < 4.78 is 4.78. The standard InChI is InChI=1S/C11H19NO5/c1-11(2,10(13)16-3)8-4-6-9(7-5-8)17-12(14)15/h8-9H,4-7H2,1-3H3/t8-,9-. The molecule has 1 saturated carbocycles. The Bertz CT molecular complexity index is 294. The first-order chi connectivity index (χ1) is 7.87. The van der Waals surface area contributed by atoms with Crippen LogP contribution < -0.4 is 0 Å². The van der Waals surface area contributed by atoms with E-state index in [1.807, 2.05) is 13.8 Å². The number of nitrogens with zero attached hydrogens (tertiary/aromatic N) is 1. The number of esters is 1. The molecular formula is C11H19NO5. The minimum absolute atomic E-state index is 0.196. The fourth-order valence-corrected chi connectivity index (χ4v) is 2.44. The lowest BCUT2D eigenvalue weighted by Crippen LogP contribution is -2.37. The molecule has 0 saturated heterocycles. The summed E-state index contributed by atoms with van der Waals surface area (Å²) in [6.07, 6.45) is 2.41. The van der Waals surface area contributed by atoms with Gasteiger partial charge in [0.15, 0.2) is 0 Å². The van der Waals surface area contributed by atoms with E-state index >= 15 is 0 Å². The van der Waals surface area contributed by atoms with Crippen LogP contribution >= 0.6 is 0 Å². The zero-order valence-electron chi connectivity index (χ0n) is 10.5. The second-order valence-electron chi connectivity index (χ2n) is 5.02. The van der Waals surface area contributed by atoms with Gasteiger partial charge in [-0.2, -0.15) is 0 Å². The number of ether oxygens (including phenoxy) is 1. The third-order valence-corrected chi connectivity index (χ3v) is 3.64. The predicted molar refractivity (Wildman–Crippen MR) is 59.6 cm³/mol.